The number of aliphatic hydroxyl groups is 1. The van der Waals surface area contributed by atoms with Gasteiger partial charge in [0.25, 0.3) is 5.91 Å². The van der Waals surface area contributed by atoms with Crippen molar-refractivity contribution in [2.24, 2.45) is 4.99 Å². The minimum atomic E-state index is -0.675. The van der Waals surface area contributed by atoms with Gasteiger partial charge in [0.2, 0.25) is 0 Å². The molecule has 0 unspecified atom stereocenters. The smallest absolute Gasteiger partial charge is 0.344 e. The van der Waals surface area contributed by atoms with Gasteiger partial charge in [-0.2, -0.15) is 0 Å². The van der Waals surface area contributed by atoms with Gasteiger partial charge in [-0.25, -0.2) is 14.6 Å². The molecule has 6 N–H and O–H groups in total. The quantitative estimate of drug-likeness (QED) is 0.0323. The summed E-state index contributed by atoms with van der Waals surface area (Å²) in [5, 5.41) is 33.3. The predicted molar refractivity (Wildman–Crippen MR) is 246 cm³/mol. The number of aromatic hydroxyl groups is 1. The third-order valence-corrected chi connectivity index (χ3v) is 9.87. The molecule has 0 aromatic heterocycles. The molecule has 17 heteroatoms. The second-order valence-corrected chi connectivity index (χ2v) is 15.1. The van der Waals surface area contributed by atoms with Gasteiger partial charge < -0.3 is 60.1 Å². The fourth-order valence-electron chi connectivity index (χ4n) is 5.93. The van der Waals surface area contributed by atoms with Crippen LogP contribution in [0, 0.1) is 0 Å². The van der Waals surface area contributed by atoms with E-state index in [-0.39, 0.29) is 61.7 Å². The molecule has 4 aromatic rings. The Morgan fingerprint density at radius 2 is 1.44 bits per heavy atom. The molecular weight excluding hydrogens is 829 g/mol. The van der Waals surface area contributed by atoms with Crippen LogP contribution < -0.4 is 26.0 Å². The lowest BCUT2D eigenvalue weighted by atomic mass is 10.1. The first-order valence-corrected chi connectivity index (χ1v) is 21.1. The first-order chi connectivity index (χ1) is 30.5. The van der Waals surface area contributed by atoms with Gasteiger partial charge in [0.15, 0.2) is 11.5 Å². The van der Waals surface area contributed by atoms with Crippen molar-refractivity contribution in [1.82, 2.24) is 10.2 Å². The predicted octanol–water partition coefficient (Wildman–Crippen LogP) is 7.19. The number of carbonyl (C=O) groups excluding carboxylic acids is 3. The average molecular weight is 883 g/mol. The molecule has 0 saturated carbocycles. The maximum Gasteiger partial charge on any atom is 0.344 e. The number of carbonyl (C=O) groups is 3. The van der Waals surface area contributed by atoms with Crippen LogP contribution in [0.1, 0.15) is 28.4 Å². The first-order valence-electron chi connectivity index (χ1n) is 20.3. The number of amides is 3. The highest BCUT2D eigenvalue weighted by molar-refractivity contribution is 8.18. The summed E-state index contributed by atoms with van der Waals surface area (Å²) in [4.78, 5) is 45.2. The normalized spacial score (nSPS) is 13.7. The molecule has 0 atom stereocenters. The number of anilines is 3. The molecule has 5 rings (SSSR count). The zero-order valence-corrected chi connectivity index (χ0v) is 36.6. The molecule has 0 spiro atoms. The molecule has 63 heavy (non-hydrogen) atoms. The summed E-state index contributed by atoms with van der Waals surface area (Å²) >= 11 is 1.13. The summed E-state index contributed by atoms with van der Waals surface area (Å²) in [5.41, 5.74) is 4.44. The van der Waals surface area contributed by atoms with Crippen LogP contribution in [0.25, 0.3) is 6.08 Å². The molecule has 0 fully saturated rings. The Morgan fingerprint density at radius 1 is 0.778 bits per heavy atom. The fraction of sp³-hybridized carbons (Fsp3) is 0.304. The van der Waals surface area contributed by atoms with Gasteiger partial charge in [0, 0.05) is 42.8 Å². The van der Waals surface area contributed by atoms with E-state index < -0.39 is 12.0 Å². The number of rotatable bonds is 23. The largest absolute Gasteiger partial charge is 0.506 e. The van der Waals surface area contributed by atoms with Crippen molar-refractivity contribution < 1.29 is 48.3 Å². The number of benzene rings is 4. The molecule has 0 bridgehead atoms. The van der Waals surface area contributed by atoms with Crippen molar-refractivity contribution in [3.8, 4) is 11.5 Å². The van der Waals surface area contributed by atoms with Crippen LogP contribution in [-0.2, 0) is 30.3 Å². The van der Waals surface area contributed by atoms with Gasteiger partial charge >= 0.3 is 12.0 Å². The number of para-hydroxylation sites is 1. The number of thioether (sulfide) groups is 1. The van der Waals surface area contributed by atoms with Crippen molar-refractivity contribution in [3.63, 3.8) is 0 Å². The minimum Gasteiger partial charge on any atom is -0.506 e. The minimum absolute atomic E-state index is 0.0153. The van der Waals surface area contributed by atoms with E-state index in [1.54, 1.807) is 62.5 Å². The van der Waals surface area contributed by atoms with E-state index in [1.807, 2.05) is 56.6 Å². The van der Waals surface area contributed by atoms with Crippen molar-refractivity contribution in [2.45, 2.75) is 13.5 Å². The molecule has 1 aliphatic rings. The van der Waals surface area contributed by atoms with Crippen LogP contribution in [0.5, 0.6) is 11.5 Å². The Morgan fingerprint density at radius 3 is 2.11 bits per heavy atom. The monoisotopic (exact) mass is 882 g/mol. The summed E-state index contributed by atoms with van der Waals surface area (Å²) < 4.78 is 27.6. The zero-order chi connectivity index (χ0) is 45.0. The number of urea groups is 1. The number of aliphatic imine (C=N–C) groups is 1. The van der Waals surface area contributed by atoms with Crippen molar-refractivity contribution in [2.75, 3.05) is 96.5 Å². The van der Waals surface area contributed by atoms with Crippen LogP contribution in [0.2, 0.25) is 0 Å². The second-order valence-electron chi connectivity index (χ2n) is 14.0. The van der Waals surface area contributed by atoms with Crippen molar-refractivity contribution >= 4 is 63.5 Å². The van der Waals surface area contributed by atoms with Gasteiger partial charge in [0.1, 0.15) is 23.0 Å². The molecular formula is C46H54N6O10S. The maximum absolute atomic E-state index is 12.9. The van der Waals surface area contributed by atoms with Gasteiger partial charge in [-0.15, -0.1) is 0 Å². The molecule has 334 valence electrons. The maximum atomic E-state index is 12.9. The zero-order valence-electron chi connectivity index (χ0n) is 35.8. The topological polar surface area (TPSA) is 202 Å². The molecule has 0 aliphatic carbocycles. The Labute approximate surface area is 371 Å². The lowest BCUT2D eigenvalue weighted by Gasteiger charge is -2.13. The number of ether oxygens (including phenoxy) is 5. The molecule has 16 nitrogen and oxygen atoms in total. The van der Waals surface area contributed by atoms with Gasteiger partial charge in [0.05, 0.1) is 56.8 Å². The number of esters is 1. The molecule has 1 aliphatic heterocycles. The molecule has 0 radical (unpaired) electrons. The van der Waals surface area contributed by atoms with Crippen molar-refractivity contribution in [3.05, 3.63) is 124 Å². The van der Waals surface area contributed by atoms with Crippen LogP contribution in [0.15, 0.2) is 112 Å². The highest BCUT2D eigenvalue weighted by atomic mass is 32.2. The molecule has 0 saturated heterocycles. The van der Waals surface area contributed by atoms with Gasteiger partial charge in [-0.3, -0.25) is 4.79 Å². The summed E-state index contributed by atoms with van der Waals surface area (Å²) in [6, 6.07) is 26.1. The van der Waals surface area contributed by atoms with E-state index in [0.717, 1.165) is 23.9 Å². The summed E-state index contributed by atoms with van der Waals surface area (Å²) in [6.45, 7) is 4.94. The summed E-state index contributed by atoms with van der Waals surface area (Å²) in [7, 11) is 5.72. The Hall–Kier alpha value is -6.37. The summed E-state index contributed by atoms with van der Waals surface area (Å²) in [6.07, 6.45) is 1.64. The van der Waals surface area contributed by atoms with Crippen LogP contribution >= 0.6 is 11.8 Å². The van der Waals surface area contributed by atoms with Crippen LogP contribution in [0.3, 0.4) is 0 Å². The standard InChI is InChI=1S/C46H54N6O10S/c1-5-61-45(56)41-42(54)40(63-44(41)49-34-9-7-6-8-10-34)26-32-13-16-39(38(53)25-32)62-24-23-60-22-21-59-20-19-58-18-17-48-43(55)33-27-36(47-2)29-37(28-33)51-46(57)50-35-14-11-31(12-15-35)30-52(3)4/h6-16,25-29,47,53-54H,5,17-24,30H2,1-4H3,(H,48,55)(H2,50,51,57)/b40-26-,49-44?. The van der Waals surface area contributed by atoms with Gasteiger partial charge in [-0.05, 0) is 92.8 Å². The third-order valence-electron chi connectivity index (χ3n) is 8.85. The van der Waals surface area contributed by atoms with E-state index in [1.165, 1.54) is 6.07 Å². The van der Waals surface area contributed by atoms with Gasteiger partial charge in [-0.1, -0.05) is 48.2 Å². The van der Waals surface area contributed by atoms with Crippen molar-refractivity contribution in [1.29, 1.82) is 0 Å². The number of nitrogens with one attached hydrogen (secondary N) is 4. The number of phenols is 1. The first kappa shape index (κ1) is 47.7. The molecule has 3 amide bonds. The van der Waals surface area contributed by atoms with E-state index >= 15 is 0 Å². The second kappa shape index (κ2) is 24.9. The molecule has 4 aromatic carbocycles. The summed E-state index contributed by atoms with van der Waals surface area (Å²) in [5.74, 6) is -1.08. The average Bonchev–Trinajstić information content (AvgIpc) is 3.56. The van der Waals surface area contributed by atoms with E-state index in [9.17, 15) is 24.6 Å². The number of hydrogen-bond donors (Lipinski definition) is 6. The Kier molecular flexibility index (Phi) is 18.9. The number of nitrogens with zero attached hydrogens (tertiary/aromatic N) is 2. The molecule has 1 heterocycles. The SMILES string of the molecule is CCOC(=O)C1=C(O)/C(=C/c2ccc(OCCOCCOCCOCCNC(=O)c3cc(NC)cc(NC(=O)Nc4ccc(CN(C)C)cc4)c3)c(O)c2)SC1=Nc1ccccc1. The van der Waals surface area contributed by atoms with E-state index in [4.69, 9.17) is 23.7 Å². The van der Waals surface area contributed by atoms with E-state index in [0.29, 0.717) is 70.3 Å². The van der Waals surface area contributed by atoms with Crippen LogP contribution in [-0.4, -0.2) is 119 Å². The number of aliphatic hydroxyl groups excluding tert-OH is 1. The third kappa shape index (κ3) is 15.5. The highest BCUT2D eigenvalue weighted by Gasteiger charge is 2.33. The Balaban J connectivity index is 0.940. The van der Waals surface area contributed by atoms with Crippen LogP contribution in [0.4, 0.5) is 27.5 Å². The lowest BCUT2D eigenvalue weighted by Crippen LogP contribution is -2.28. The number of phenolic OH excluding ortho intramolecular Hbond substituents is 1. The fourth-order valence-corrected chi connectivity index (χ4v) is 6.96. The number of hydrogen-bond acceptors (Lipinski definition) is 14. The lowest BCUT2D eigenvalue weighted by molar-refractivity contribution is -0.138. The van der Waals surface area contributed by atoms with E-state index in [2.05, 4.69) is 31.2 Å². The Bertz CT molecular complexity index is 2250. The highest BCUT2D eigenvalue weighted by Crippen LogP contribution is 2.41.